The van der Waals surface area contributed by atoms with Crippen molar-refractivity contribution in [3.05, 3.63) is 76.9 Å². The first-order valence-corrected chi connectivity index (χ1v) is 9.43. The Balaban J connectivity index is 1.49. The largest absolute Gasteiger partial charge is 0.420 e. The fourth-order valence-corrected chi connectivity index (χ4v) is 3.49. The van der Waals surface area contributed by atoms with E-state index in [-0.39, 0.29) is 0 Å². The van der Waals surface area contributed by atoms with E-state index in [2.05, 4.69) is 15.2 Å². The summed E-state index contributed by atoms with van der Waals surface area (Å²) in [6, 6.07) is 14.9. The second-order valence-electron chi connectivity index (χ2n) is 5.36. The van der Waals surface area contributed by atoms with Crippen molar-refractivity contribution in [3.8, 4) is 17.1 Å². The fourth-order valence-electron chi connectivity index (χ4n) is 2.37. The smallest absolute Gasteiger partial charge is 0.247 e. The molecule has 4 rings (SSSR count). The molecule has 0 saturated heterocycles. The summed E-state index contributed by atoms with van der Waals surface area (Å²) >= 11 is 13.5. The van der Waals surface area contributed by atoms with E-state index >= 15 is 0 Å². The number of imidazole rings is 1. The van der Waals surface area contributed by atoms with Gasteiger partial charge in [-0.1, -0.05) is 41.0 Å². The lowest BCUT2D eigenvalue weighted by Gasteiger charge is -2.06. The lowest BCUT2D eigenvalue weighted by atomic mass is 10.2. The van der Waals surface area contributed by atoms with E-state index in [4.69, 9.17) is 27.6 Å². The molecule has 0 N–H and O–H groups in total. The molecule has 5 nitrogen and oxygen atoms in total. The Morgan fingerprint density at radius 3 is 2.65 bits per heavy atom. The van der Waals surface area contributed by atoms with Crippen LogP contribution in [0.25, 0.3) is 17.1 Å². The van der Waals surface area contributed by atoms with Gasteiger partial charge in [0.05, 0.1) is 5.75 Å². The Bertz CT molecular complexity index is 1030. The number of nitrogens with zero attached hydrogens (tertiary/aromatic N) is 4. The predicted octanol–water partition coefficient (Wildman–Crippen LogP) is 5.52. The zero-order valence-electron chi connectivity index (χ0n) is 13.3. The summed E-state index contributed by atoms with van der Waals surface area (Å²) in [6.07, 6.45) is 3.64. The van der Waals surface area contributed by atoms with Crippen molar-refractivity contribution in [2.24, 2.45) is 0 Å². The SMILES string of the molecule is Clc1ccc(-c2nnc(CSc3nccn3-c3cccc(Cl)c3)o2)cc1. The number of thioether (sulfide) groups is 1. The summed E-state index contributed by atoms with van der Waals surface area (Å²) in [5.74, 6) is 1.51. The number of hydrogen-bond acceptors (Lipinski definition) is 5. The Morgan fingerprint density at radius 1 is 1.00 bits per heavy atom. The monoisotopic (exact) mass is 402 g/mol. The van der Waals surface area contributed by atoms with Crippen LogP contribution < -0.4 is 0 Å². The van der Waals surface area contributed by atoms with Crippen molar-refractivity contribution in [1.82, 2.24) is 19.7 Å². The molecule has 0 amide bonds. The molecule has 2 aromatic heterocycles. The Hall–Kier alpha value is -2.28. The molecule has 0 aliphatic rings. The number of rotatable bonds is 5. The van der Waals surface area contributed by atoms with Crippen LogP contribution in [-0.2, 0) is 5.75 Å². The molecule has 130 valence electrons. The first-order valence-electron chi connectivity index (χ1n) is 7.69. The first kappa shape index (κ1) is 17.1. The average molecular weight is 403 g/mol. The Kier molecular flexibility index (Phi) is 4.97. The van der Waals surface area contributed by atoms with Crippen LogP contribution in [0.5, 0.6) is 0 Å². The maximum atomic E-state index is 6.08. The van der Waals surface area contributed by atoms with Crippen LogP contribution in [0, 0.1) is 0 Å². The predicted molar refractivity (Wildman–Crippen MR) is 103 cm³/mol. The van der Waals surface area contributed by atoms with Crippen molar-refractivity contribution < 1.29 is 4.42 Å². The van der Waals surface area contributed by atoms with Gasteiger partial charge in [0.1, 0.15) is 0 Å². The van der Waals surface area contributed by atoms with Crippen molar-refractivity contribution in [3.63, 3.8) is 0 Å². The maximum Gasteiger partial charge on any atom is 0.247 e. The molecular weight excluding hydrogens is 391 g/mol. The van der Waals surface area contributed by atoms with Crippen LogP contribution in [0.3, 0.4) is 0 Å². The second-order valence-corrected chi connectivity index (χ2v) is 7.17. The van der Waals surface area contributed by atoms with Gasteiger partial charge in [-0.2, -0.15) is 0 Å². The van der Waals surface area contributed by atoms with E-state index in [1.165, 1.54) is 11.8 Å². The van der Waals surface area contributed by atoms with E-state index in [0.29, 0.717) is 27.6 Å². The van der Waals surface area contributed by atoms with Crippen LogP contribution in [-0.4, -0.2) is 19.7 Å². The van der Waals surface area contributed by atoms with Crippen LogP contribution in [0.15, 0.2) is 70.5 Å². The van der Waals surface area contributed by atoms with Gasteiger partial charge in [0.2, 0.25) is 11.8 Å². The molecule has 2 heterocycles. The van der Waals surface area contributed by atoms with Crippen molar-refractivity contribution >= 4 is 35.0 Å². The third kappa shape index (κ3) is 3.77. The van der Waals surface area contributed by atoms with Crippen molar-refractivity contribution in [2.45, 2.75) is 10.9 Å². The van der Waals surface area contributed by atoms with Crippen LogP contribution in [0.2, 0.25) is 10.0 Å². The maximum absolute atomic E-state index is 6.08. The van der Waals surface area contributed by atoms with Gasteiger partial charge in [-0.15, -0.1) is 10.2 Å². The lowest BCUT2D eigenvalue weighted by Crippen LogP contribution is -1.95. The molecule has 0 aliphatic carbocycles. The Labute approximate surface area is 164 Å². The first-order chi connectivity index (χ1) is 12.7. The highest BCUT2D eigenvalue weighted by Crippen LogP contribution is 2.26. The number of hydrogen-bond donors (Lipinski definition) is 0. The number of halogens is 2. The summed E-state index contributed by atoms with van der Waals surface area (Å²) < 4.78 is 7.69. The zero-order chi connectivity index (χ0) is 17.9. The molecule has 0 unspecified atom stereocenters. The van der Waals surface area contributed by atoms with Gasteiger partial charge < -0.3 is 4.42 Å². The molecule has 0 atom stereocenters. The molecule has 0 spiro atoms. The van der Waals surface area contributed by atoms with E-state index in [1.807, 2.05) is 47.2 Å². The summed E-state index contributed by atoms with van der Waals surface area (Å²) in [5, 5.41) is 10.4. The van der Waals surface area contributed by atoms with Gasteiger partial charge in [0.25, 0.3) is 0 Å². The van der Waals surface area contributed by atoms with Crippen molar-refractivity contribution in [1.29, 1.82) is 0 Å². The highest BCUT2D eigenvalue weighted by atomic mass is 35.5. The second kappa shape index (κ2) is 7.53. The highest BCUT2D eigenvalue weighted by Gasteiger charge is 2.12. The molecular formula is C18H12Cl2N4OS. The van der Waals surface area contributed by atoms with Gasteiger partial charge in [-0.25, -0.2) is 4.98 Å². The standard InChI is InChI=1S/C18H12Cl2N4OS/c19-13-6-4-12(5-7-13)17-23-22-16(25-17)11-26-18-21-8-9-24(18)15-3-1-2-14(20)10-15/h1-10H,11H2. The Morgan fingerprint density at radius 2 is 1.85 bits per heavy atom. The zero-order valence-corrected chi connectivity index (χ0v) is 15.7. The molecule has 0 aliphatic heterocycles. The lowest BCUT2D eigenvalue weighted by molar-refractivity contribution is 0.528. The molecule has 0 bridgehead atoms. The quantitative estimate of drug-likeness (QED) is 0.411. The van der Waals surface area contributed by atoms with E-state index in [9.17, 15) is 0 Å². The molecule has 26 heavy (non-hydrogen) atoms. The van der Waals surface area contributed by atoms with Gasteiger partial charge >= 0.3 is 0 Å². The van der Waals surface area contributed by atoms with Gasteiger partial charge in [0.15, 0.2) is 5.16 Å². The van der Waals surface area contributed by atoms with Gasteiger partial charge in [-0.3, -0.25) is 4.57 Å². The normalized spacial score (nSPS) is 11.0. The van der Waals surface area contributed by atoms with Gasteiger partial charge in [-0.05, 0) is 42.5 Å². The van der Waals surface area contributed by atoms with Crippen LogP contribution in [0.4, 0.5) is 0 Å². The third-order valence-corrected chi connectivity index (χ3v) is 5.01. The number of benzene rings is 2. The molecule has 8 heteroatoms. The van der Waals surface area contributed by atoms with Crippen LogP contribution in [0.1, 0.15) is 5.89 Å². The molecule has 2 aromatic carbocycles. The minimum Gasteiger partial charge on any atom is -0.420 e. The van der Waals surface area contributed by atoms with Crippen LogP contribution >= 0.6 is 35.0 Å². The third-order valence-electron chi connectivity index (χ3n) is 3.58. The van der Waals surface area contributed by atoms with Crippen molar-refractivity contribution in [2.75, 3.05) is 0 Å². The molecule has 0 fully saturated rings. The number of aromatic nitrogens is 4. The van der Waals surface area contributed by atoms with Gasteiger partial charge in [0, 0.05) is 33.7 Å². The molecule has 4 aromatic rings. The summed E-state index contributed by atoms with van der Waals surface area (Å²) in [4.78, 5) is 4.39. The summed E-state index contributed by atoms with van der Waals surface area (Å²) in [6.45, 7) is 0. The summed E-state index contributed by atoms with van der Waals surface area (Å²) in [5.41, 5.74) is 1.78. The topological polar surface area (TPSA) is 56.7 Å². The minimum absolute atomic E-state index is 0.468. The van der Waals surface area contributed by atoms with E-state index in [0.717, 1.165) is 16.4 Å². The average Bonchev–Trinajstić information content (AvgIpc) is 3.30. The fraction of sp³-hybridized carbons (Fsp3) is 0.0556. The molecule has 0 saturated carbocycles. The van der Waals surface area contributed by atoms with E-state index in [1.54, 1.807) is 18.3 Å². The minimum atomic E-state index is 0.468. The summed E-state index contributed by atoms with van der Waals surface area (Å²) in [7, 11) is 0. The van der Waals surface area contributed by atoms with E-state index < -0.39 is 0 Å². The molecule has 0 radical (unpaired) electrons. The highest BCUT2D eigenvalue weighted by molar-refractivity contribution is 7.98.